The van der Waals surface area contributed by atoms with Crippen LogP contribution in [0.3, 0.4) is 0 Å². The lowest BCUT2D eigenvalue weighted by atomic mass is 10.0. The Morgan fingerprint density at radius 2 is 1.94 bits per heavy atom. The molecule has 0 amide bonds. The van der Waals surface area contributed by atoms with E-state index in [1.165, 1.54) is 22.0 Å². The second-order valence-corrected chi connectivity index (χ2v) is 4.69. The molecular formula is C14H15N3O. The smallest absolute Gasteiger partial charge is 0.171 e. The highest BCUT2D eigenvalue weighted by molar-refractivity contribution is 5.99. The van der Waals surface area contributed by atoms with E-state index in [-0.39, 0.29) is 0 Å². The molecule has 3 rings (SSSR count). The molecule has 0 atom stereocenters. The maximum atomic E-state index is 5.62. The van der Waals surface area contributed by atoms with Gasteiger partial charge in [-0.15, -0.1) is 0 Å². The Hall–Kier alpha value is -2.23. The molecule has 18 heavy (non-hydrogen) atoms. The summed E-state index contributed by atoms with van der Waals surface area (Å²) < 4.78 is 7.40. The molecule has 0 aliphatic rings. The lowest BCUT2D eigenvalue weighted by Gasteiger charge is -2.03. The van der Waals surface area contributed by atoms with Crippen LogP contribution in [0.2, 0.25) is 0 Å². The first-order valence-electron chi connectivity index (χ1n) is 5.85. The molecule has 0 saturated carbocycles. The molecule has 0 saturated heterocycles. The van der Waals surface area contributed by atoms with E-state index in [4.69, 9.17) is 10.3 Å². The monoisotopic (exact) mass is 241 g/mol. The summed E-state index contributed by atoms with van der Waals surface area (Å²) in [7, 11) is 2.04. The first-order chi connectivity index (χ1) is 8.58. The van der Waals surface area contributed by atoms with Crippen LogP contribution in [0.15, 0.2) is 28.9 Å². The van der Waals surface area contributed by atoms with Crippen LogP contribution in [0.1, 0.15) is 11.1 Å². The van der Waals surface area contributed by atoms with Crippen LogP contribution in [-0.2, 0) is 7.05 Å². The van der Waals surface area contributed by atoms with Gasteiger partial charge in [-0.2, -0.15) is 0 Å². The van der Waals surface area contributed by atoms with E-state index in [2.05, 4.69) is 41.9 Å². The number of rotatable bonds is 1. The summed E-state index contributed by atoms with van der Waals surface area (Å²) in [6, 6.07) is 6.02. The molecule has 4 nitrogen and oxygen atoms in total. The number of hydrogen-bond donors (Lipinski definition) is 1. The van der Waals surface area contributed by atoms with E-state index in [0.29, 0.717) is 11.6 Å². The number of hydrogen-bond acceptors (Lipinski definition) is 3. The summed E-state index contributed by atoms with van der Waals surface area (Å²) in [4.78, 5) is 0. The van der Waals surface area contributed by atoms with Gasteiger partial charge in [-0.3, -0.25) is 0 Å². The maximum Gasteiger partial charge on any atom is 0.171 e. The summed E-state index contributed by atoms with van der Waals surface area (Å²) in [5.74, 6) is 1.12. The van der Waals surface area contributed by atoms with Gasteiger partial charge in [0.25, 0.3) is 0 Å². The predicted molar refractivity (Wildman–Crippen MR) is 72.3 cm³/mol. The van der Waals surface area contributed by atoms with E-state index in [1.54, 1.807) is 6.07 Å². The fourth-order valence-corrected chi connectivity index (χ4v) is 2.52. The van der Waals surface area contributed by atoms with Crippen molar-refractivity contribution in [2.24, 2.45) is 7.05 Å². The highest BCUT2D eigenvalue weighted by atomic mass is 16.5. The van der Waals surface area contributed by atoms with Gasteiger partial charge >= 0.3 is 0 Å². The summed E-state index contributed by atoms with van der Waals surface area (Å²) in [5, 5.41) is 4.96. The Labute approximate surface area is 105 Å². The number of aromatic nitrogens is 2. The first kappa shape index (κ1) is 10.9. The van der Waals surface area contributed by atoms with E-state index in [9.17, 15) is 0 Å². The second kappa shape index (κ2) is 3.63. The van der Waals surface area contributed by atoms with Crippen LogP contribution < -0.4 is 5.73 Å². The highest BCUT2D eigenvalue weighted by Crippen LogP contribution is 2.34. The average molecular weight is 241 g/mol. The minimum absolute atomic E-state index is 0.410. The van der Waals surface area contributed by atoms with E-state index in [0.717, 1.165) is 5.56 Å². The number of benzene rings is 1. The third kappa shape index (κ3) is 1.42. The maximum absolute atomic E-state index is 5.62. The number of fused-ring (bicyclic) bond motifs is 1. The molecule has 1 aromatic carbocycles. The van der Waals surface area contributed by atoms with Crippen molar-refractivity contribution < 1.29 is 4.52 Å². The fraction of sp³-hybridized carbons (Fsp3) is 0.214. The molecule has 0 aliphatic carbocycles. The number of nitrogens with zero attached hydrogens (tertiary/aromatic N) is 2. The Bertz CT molecular complexity index is 737. The van der Waals surface area contributed by atoms with Crippen molar-refractivity contribution in [3.05, 3.63) is 35.5 Å². The normalized spacial score (nSPS) is 11.3. The van der Waals surface area contributed by atoms with Gasteiger partial charge in [0.05, 0.1) is 5.52 Å². The van der Waals surface area contributed by atoms with Crippen LogP contribution in [0, 0.1) is 13.8 Å². The third-order valence-corrected chi connectivity index (χ3v) is 3.33. The van der Waals surface area contributed by atoms with Crippen molar-refractivity contribution in [3.63, 3.8) is 0 Å². The van der Waals surface area contributed by atoms with Crippen LogP contribution in [-0.4, -0.2) is 9.72 Å². The zero-order valence-corrected chi connectivity index (χ0v) is 10.7. The molecule has 2 aromatic heterocycles. The number of nitrogens with two attached hydrogens (primary N) is 1. The Kier molecular flexibility index (Phi) is 2.20. The second-order valence-electron chi connectivity index (χ2n) is 4.69. The standard InChI is InChI=1S/C14H15N3O/c1-8-4-5-9(2)14-13(8)10(7-17(14)3)11-6-12(15)16-18-11/h4-7H,1-3H3,(H2,15,16). The number of anilines is 1. The van der Waals surface area contributed by atoms with Gasteiger partial charge in [-0.25, -0.2) is 0 Å². The molecule has 92 valence electrons. The Morgan fingerprint density at radius 1 is 1.22 bits per heavy atom. The van der Waals surface area contributed by atoms with Crippen molar-refractivity contribution in [1.29, 1.82) is 0 Å². The SMILES string of the molecule is Cc1ccc(C)c2c1c(-c1cc(N)no1)cn2C. The minimum atomic E-state index is 0.410. The fourth-order valence-electron chi connectivity index (χ4n) is 2.52. The molecular weight excluding hydrogens is 226 g/mol. The lowest BCUT2D eigenvalue weighted by Crippen LogP contribution is -1.87. The molecule has 4 heteroatoms. The molecule has 2 heterocycles. The summed E-state index contributed by atoms with van der Waals surface area (Å²) >= 11 is 0. The van der Waals surface area contributed by atoms with E-state index < -0.39 is 0 Å². The summed E-state index contributed by atoms with van der Waals surface area (Å²) in [6.45, 7) is 4.21. The Morgan fingerprint density at radius 3 is 2.61 bits per heavy atom. The van der Waals surface area contributed by atoms with Gasteiger partial charge in [0.15, 0.2) is 11.6 Å². The van der Waals surface area contributed by atoms with Crippen LogP contribution in [0.25, 0.3) is 22.2 Å². The molecule has 0 radical (unpaired) electrons. The highest BCUT2D eigenvalue weighted by Gasteiger charge is 2.15. The van der Waals surface area contributed by atoms with E-state index in [1.807, 2.05) is 7.05 Å². The van der Waals surface area contributed by atoms with Crippen molar-refractivity contribution in [2.45, 2.75) is 13.8 Å². The van der Waals surface area contributed by atoms with Gasteiger partial charge in [0.1, 0.15) is 0 Å². The quantitative estimate of drug-likeness (QED) is 0.712. The average Bonchev–Trinajstić information content (AvgIpc) is 2.89. The molecule has 0 fully saturated rings. The van der Waals surface area contributed by atoms with Gasteiger partial charge < -0.3 is 14.8 Å². The first-order valence-corrected chi connectivity index (χ1v) is 5.85. The van der Waals surface area contributed by atoms with Gasteiger partial charge in [-0.05, 0) is 25.0 Å². The summed E-state index contributed by atoms with van der Waals surface area (Å²) in [6.07, 6.45) is 2.06. The lowest BCUT2D eigenvalue weighted by molar-refractivity contribution is 0.436. The predicted octanol–water partition coefficient (Wildman–Crippen LogP) is 3.03. The zero-order valence-electron chi connectivity index (χ0n) is 10.7. The largest absolute Gasteiger partial charge is 0.381 e. The van der Waals surface area contributed by atoms with Crippen molar-refractivity contribution in [3.8, 4) is 11.3 Å². The Balaban J connectivity index is 2.41. The number of aryl methyl sites for hydroxylation is 3. The molecule has 3 aromatic rings. The van der Waals surface area contributed by atoms with Crippen LogP contribution in [0.4, 0.5) is 5.82 Å². The van der Waals surface area contributed by atoms with Gasteiger partial charge in [0, 0.05) is 30.3 Å². The van der Waals surface area contributed by atoms with Gasteiger partial charge in [-0.1, -0.05) is 17.3 Å². The summed E-state index contributed by atoms with van der Waals surface area (Å²) in [5.41, 5.74) is 10.4. The molecule has 0 spiro atoms. The topological polar surface area (TPSA) is 57.0 Å². The van der Waals surface area contributed by atoms with Gasteiger partial charge in [0.2, 0.25) is 0 Å². The van der Waals surface area contributed by atoms with Crippen molar-refractivity contribution >= 4 is 16.7 Å². The molecule has 0 aliphatic heterocycles. The zero-order chi connectivity index (χ0) is 12.9. The molecule has 2 N–H and O–H groups in total. The third-order valence-electron chi connectivity index (χ3n) is 3.33. The molecule has 0 unspecified atom stereocenters. The van der Waals surface area contributed by atoms with Crippen LogP contribution in [0.5, 0.6) is 0 Å². The minimum Gasteiger partial charge on any atom is -0.381 e. The van der Waals surface area contributed by atoms with Crippen LogP contribution >= 0.6 is 0 Å². The van der Waals surface area contributed by atoms with E-state index >= 15 is 0 Å². The van der Waals surface area contributed by atoms with Crippen molar-refractivity contribution in [1.82, 2.24) is 9.72 Å². The molecule has 0 bridgehead atoms. The number of nitrogen functional groups attached to an aromatic ring is 1. The van der Waals surface area contributed by atoms with Crippen molar-refractivity contribution in [2.75, 3.05) is 5.73 Å².